The van der Waals surface area contributed by atoms with Crippen molar-refractivity contribution in [1.82, 2.24) is 9.80 Å². The Morgan fingerprint density at radius 1 is 1.07 bits per heavy atom. The summed E-state index contributed by atoms with van der Waals surface area (Å²) in [5.41, 5.74) is 2.51. The maximum atomic E-state index is 12.8. The Morgan fingerprint density at radius 3 is 2.59 bits per heavy atom. The molecule has 1 fully saturated rings. The van der Waals surface area contributed by atoms with Crippen molar-refractivity contribution >= 4 is 17.2 Å². The van der Waals surface area contributed by atoms with Crippen LogP contribution in [0.25, 0.3) is 0 Å². The highest BCUT2D eigenvalue weighted by molar-refractivity contribution is 7.14. The van der Waals surface area contributed by atoms with Crippen LogP contribution in [0.5, 0.6) is 11.5 Å². The summed E-state index contributed by atoms with van der Waals surface area (Å²) in [6, 6.07) is 8.02. The molecule has 0 unspecified atom stereocenters. The second-order valence-corrected chi connectivity index (χ2v) is 8.30. The van der Waals surface area contributed by atoms with E-state index in [2.05, 4.69) is 11.0 Å². The van der Waals surface area contributed by atoms with Crippen LogP contribution in [-0.2, 0) is 19.4 Å². The van der Waals surface area contributed by atoms with Crippen LogP contribution in [0.1, 0.15) is 32.1 Å². The average Bonchev–Trinajstić information content (AvgIpc) is 3.30. The highest BCUT2D eigenvalue weighted by atomic mass is 32.1. The molecule has 144 valence electrons. The standard InChI is InChI=1S/C21H26N2O3S/c1-25-17-6-7-18(26-2)16(12-17)14-22-8-10-23(11-9-22)21(24)20-13-15-4-3-5-19(15)27-20/h6-7,12-13H,3-5,8-11,14H2,1-2H3. The summed E-state index contributed by atoms with van der Waals surface area (Å²) in [5, 5.41) is 0. The number of nitrogens with zero attached hydrogens (tertiary/aromatic N) is 2. The first kappa shape index (κ1) is 18.3. The molecule has 1 amide bonds. The Kier molecular flexibility index (Phi) is 5.36. The zero-order chi connectivity index (χ0) is 18.8. The van der Waals surface area contributed by atoms with E-state index < -0.39 is 0 Å². The van der Waals surface area contributed by atoms with E-state index in [0.29, 0.717) is 0 Å². The van der Waals surface area contributed by atoms with Gasteiger partial charge in [0.2, 0.25) is 0 Å². The number of thiophene rings is 1. The quantitative estimate of drug-likeness (QED) is 0.791. The van der Waals surface area contributed by atoms with Gasteiger partial charge >= 0.3 is 0 Å². The normalized spacial score (nSPS) is 17.0. The Labute approximate surface area is 164 Å². The van der Waals surface area contributed by atoms with Crippen LogP contribution in [-0.4, -0.2) is 56.1 Å². The van der Waals surface area contributed by atoms with Crippen LogP contribution in [0.4, 0.5) is 0 Å². The van der Waals surface area contributed by atoms with Gasteiger partial charge in [0.25, 0.3) is 5.91 Å². The summed E-state index contributed by atoms with van der Waals surface area (Å²) >= 11 is 1.70. The smallest absolute Gasteiger partial charge is 0.264 e. The van der Waals surface area contributed by atoms with Gasteiger partial charge in [-0.05, 0) is 49.1 Å². The van der Waals surface area contributed by atoms with Gasteiger partial charge in [0.05, 0.1) is 19.1 Å². The van der Waals surface area contributed by atoms with Crippen molar-refractivity contribution in [1.29, 1.82) is 0 Å². The molecule has 1 aromatic carbocycles. The molecule has 1 aliphatic carbocycles. The monoisotopic (exact) mass is 386 g/mol. The molecule has 6 heteroatoms. The SMILES string of the molecule is COc1ccc(OC)c(CN2CCN(C(=O)c3cc4c(s3)CCC4)CC2)c1. The zero-order valence-electron chi connectivity index (χ0n) is 16.0. The lowest BCUT2D eigenvalue weighted by Gasteiger charge is -2.34. The number of fused-ring (bicyclic) bond motifs is 1. The van der Waals surface area contributed by atoms with E-state index in [1.807, 2.05) is 23.1 Å². The number of carbonyl (C=O) groups is 1. The summed E-state index contributed by atoms with van der Waals surface area (Å²) in [4.78, 5) is 19.5. The number of piperazine rings is 1. The average molecular weight is 387 g/mol. The van der Waals surface area contributed by atoms with Crippen molar-refractivity contribution in [3.63, 3.8) is 0 Å². The van der Waals surface area contributed by atoms with E-state index in [1.165, 1.54) is 16.9 Å². The van der Waals surface area contributed by atoms with Crippen LogP contribution >= 0.6 is 11.3 Å². The van der Waals surface area contributed by atoms with E-state index >= 15 is 0 Å². The van der Waals surface area contributed by atoms with Gasteiger partial charge in [0, 0.05) is 43.2 Å². The predicted molar refractivity (Wildman–Crippen MR) is 107 cm³/mol. The van der Waals surface area contributed by atoms with Crippen molar-refractivity contribution in [2.24, 2.45) is 0 Å². The third kappa shape index (κ3) is 3.82. The van der Waals surface area contributed by atoms with Crippen molar-refractivity contribution in [3.05, 3.63) is 45.1 Å². The minimum absolute atomic E-state index is 0.202. The third-order valence-electron chi connectivity index (χ3n) is 5.50. The molecule has 0 saturated carbocycles. The van der Waals surface area contributed by atoms with Crippen LogP contribution in [0.3, 0.4) is 0 Å². The van der Waals surface area contributed by atoms with Crippen LogP contribution < -0.4 is 9.47 Å². The second kappa shape index (κ2) is 7.90. The van der Waals surface area contributed by atoms with Gasteiger partial charge in [-0.3, -0.25) is 9.69 Å². The molecule has 5 nitrogen and oxygen atoms in total. The van der Waals surface area contributed by atoms with Gasteiger partial charge in [-0.1, -0.05) is 0 Å². The molecule has 0 spiro atoms. The molecular formula is C21H26N2O3S. The highest BCUT2D eigenvalue weighted by Crippen LogP contribution is 2.31. The van der Waals surface area contributed by atoms with Crippen molar-refractivity contribution < 1.29 is 14.3 Å². The van der Waals surface area contributed by atoms with Crippen molar-refractivity contribution in [3.8, 4) is 11.5 Å². The zero-order valence-corrected chi connectivity index (χ0v) is 16.8. The Morgan fingerprint density at radius 2 is 1.89 bits per heavy atom. The molecule has 4 rings (SSSR count). The minimum Gasteiger partial charge on any atom is -0.497 e. The van der Waals surface area contributed by atoms with E-state index in [4.69, 9.17) is 9.47 Å². The van der Waals surface area contributed by atoms with Gasteiger partial charge in [-0.25, -0.2) is 0 Å². The van der Waals surface area contributed by atoms with E-state index in [9.17, 15) is 4.79 Å². The molecule has 27 heavy (non-hydrogen) atoms. The van der Waals surface area contributed by atoms with Gasteiger partial charge in [0.1, 0.15) is 11.5 Å². The number of aryl methyl sites for hydroxylation is 2. The first-order chi connectivity index (χ1) is 13.2. The number of rotatable bonds is 5. The number of hydrogen-bond donors (Lipinski definition) is 0. The molecule has 0 N–H and O–H groups in total. The Bertz CT molecular complexity index is 803. The maximum Gasteiger partial charge on any atom is 0.264 e. The van der Waals surface area contributed by atoms with Gasteiger partial charge in [0.15, 0.2) is 0 Å². The molecule has 2 aromatic rings. The number of carbonyl (C=O) groups excluding carboxylic acids is 1. The summed E-state index contributed by atoms with van der Waals surface area (Å²) in [5.74, 6) is 1.92. The number of ether oxygens (including phenoxy) is 2. The number of hydrogen-bond acceptors (Lipinski definition) is 5. The first-order valence-electron chi connectivity index (χ1n) is 9.52. The minimum atomic E-state index is 0.202. The molecule has 1 aromatic heterocycles. The lowest BCUT2D eigenvalue weighted by molar-refractivity contribution is 0.0632. The summed E-state index contributed by atoms with van der Waals surface area (Å²) < 4.78 is 10.8. The molecule has 1 saturated heterocycles. The summed E-state index contributed by atoms with van der Waals surface area (Å²) in [6.07, 6.45) is 3.51. The Balaban J connectivity index is 1.37. The predicted octanol–water partition coefficient (Wildman–Crippen LogP) is 3.21. The highest BCUT2D eigenvalue weighted by Gasteiger charge is 2.26. The molecule has 1 aliphatic heterocycles. The third-order valence-corrected chi connectivity index (χ3v) is 6.72. The summed E-state index contributed by atoms with van der Waals surface area (Å²) in [6.45, 7) is 4.09. The fourth-order valence-electron chi connectivity index (χ4n) is 3.95. The second-order valence-electron chi connectivity index (χ2n) is 7.16. The van der Waals surface area contributed by atoms with Crippen LogP contribution in [0.2, 0.25) is 0 Å². The van der Waals surface area contributed by atoms with E-state index in [1.54, 1.807) is 25.6 Å². The molecule has 2 aliphatic rings. The largest absolute Gasteiger partial charge is 0.497 e. The lowest BCUT2D eigenvalue weighted by Crippen LogP contribution is -2.48. The van der Waals surface area contributed by atoms with Crippen LogP contribution in [0, 0.1) is 0 Å². The van der Waals surface area contributed by atoms with Gasteiger partial charge in [-0.2, -0.15) is 0 Å². The molecule has 0 radical (unpaired) electrons. The maximum absolute atomic E-state index is 12.8. The number of benzene rings is 1. The number of amides is 1. The number of methoxy groups -OCH3 is 2. The van der Waals surface area contributed by atoms with Crippen molar-refractivity contribution in [2.45, 2.75) is 25.8 Å². The summed E-state index contributed by atoms with van der Waals surface area (Å²) in [7, 11) is 3.37. The van der Waals surface area contributed by atoms with Crippen molar-refractivity contribution in [2.75, 3.05) is 40.4 Å². The lowest BCUT2D eigenvalue weighted by atomic mass is 10.1. The topological polar surface area (TPSA) is 42.0 Å². The Hall–Kier alpha value is -2.05. The fraction of sp³-hybridized carbons (Fsp3) is 0.476. The van der Waals surface area contributed by atoms with Gasteiger partial charge in [-0.15, -0.1) is 11.3 Å². The fourth-order valence-corrected chi connectivity index (χ4v) is 5.17. The molecule has 2 heterocycles. The molecule has 0 bridgehead atoms. The molecule has 0 atom stereocenters. The van der Waals surface area contributed by atoms with E-state index in [-0.39, 0.29) is 5.91 Å². The molecular weight excluding hydrogens is 360 g/mol. The van der Waals surface area contributed by atoms with Crippen LogP contribution in [0.15, 0.2) is 24.3 Å². The first-order valence-corrected chi connectivity index (χ1v) is 10.3. The van der Waals surface area contributed by atoms with Gasteiger partial charge < -0.3 is 14.4 Å². The van der Waals surface area contributed by atoms with E-state index in [0.717, 1.165) is 67.5 Å².